The van der Waals surface area contributed by atoms with Crippen molar-refractivity contribution >= 4 is 17.8 Å². The zero-order valence-corrected chi connectivity index (χ0v) is 11.8. The van der Waals surface area contributed by atoms with Crippen molar-refractivity contribution in [3.05, 3.63) is 29.6 Å². The largest absolute Gasteiger partial charge is 0.480 e. The summed E-state index contributed by atoms with van der Waals surface area (Å²) in [6.07, 6.45) is 2.61. The maximum atomic E-state index is 12.1. The molecule has 2 heterocycles. The molecule has 8 heteroatoms. The van der Waals surface area contributed by atoms with Gasteiger partial charge in [0.15, 0.2) is 0 Å². The average molecular weight is 307 g/mol. The summed E-state index contributed by atoms with van der Waals surface area (Å²) in [6.45, 7) is 0.901. The number of amides is 2. The Balaban J connectivity index is 2.07. The topological polar surface area (TPSA) is 132 Å². The molecule has 2 unspecified atom stereocenters. The molecule has 0 aliphatic carbocycles. The average Bonchev–Trinajstić information content (AvgIpc) is 2.53. The SMILES string of the molecule is NC(=O)c1ccc(C(=O)NC(C(=O)O)C2CCCOC2)nc1. The fraction of sp³-hybridized carbons (Fsp3) is 0.429. The molecule has 2 amide bonds. The Morgan fingerprint density at radius 1 is 1.41 bits per heavy atom. The quantitative estimate of drug-likeness (QED) is 0.689. The standard InChI is InChI=1S/C14H17N3O5/c15-12(18)8-3-4-10(16-6-8)13(19)17-11(14(20)21)9-2-1-5-22-7-9/h3-4,6,9,11H,1-2,5,7H2,(H2,15,18)(H,17,19)(H,20,21). The molecule has 8 nitrogen and oxygen atoms in total. The Hall–Kier alpha value is -2.48. The molecular formula is C14H17N3O5. The number of carbonyl (C=O) groups is 3. The Morgan fingerprint density at radius 2 is 2.18 bits per heavy atom. The van der Waals surface area contributed by atoms with Gasteiger partial charge in [-0.3, -0.25) is 14.6 Å². The lowest BCUT2D eigenvalue weighted by atomic mass is 9.93. The number of primary amides is 1. The molecule has 22 heavy (non-hydrogen) atoms. The molecule has 0 aromatic carbocycles. The zero-order valence-electron chi connectivity index (χ0n) is 11.8. The molecule has 1 aliphatic heterocycles. The van der Waals surface area contributed by atoms with Gasteiger partial charge in [-0.2, -0.15) is 0 Å². The molecule has 1 aromatic rings. The Kier molecular flexibility index (Phi) is 5.05. The lowest BCUT2D eigenvalue weighted by molar-refractivity contribution is -0.142. The third-order valence-electron chi connectivity index (χ3n) is 3.50. The number of nitrogens with two attached hydrogens (primary N) is 1. The van der Waals surface area contributed by atoms with Crippen LogP contribution in [0, 0.1) is 5.92 Å². The van der Waals surface area contributed by atoms with Crippen LogP contribution < -0.4 is 11.1 Å². The van der Waals surface area contributed by atoms with E-state index in [9.17, 15) is 19.5 Å². The third-order valence-corrected chi connectivity index (χ3v) is 3.50. The molecular weight excluding hydrogens is 290 g/mol. The van der Waals surface area contributed by atoms with Crippen LogP contribution in [0.3, 0.4) is 0 Å². The predicted molar refractivity (Wildman–Crippen MR) is 75.2 cm³/mol. The van der Waals surface area contributed by atoms with Crippen molar-refractivity contribution in [2.45, 2.75) is 18.9 Å². The van der Waals surface area contributed by atoms with E-state index in [4.69, 9.17) is 10.5 Å². The van der Waals surface area contributed by atoms with Gasteiger partial charge < -0.3 is 20.9 Å². The monoisotopic (exact) mass is 307 g/mol. The van der Waals surface area contributed by atoms with E-state index >= 15 is 0 Å². The van der Waals surface area contributed by atoms with Crippen molar-refractivity contribution in [2.24, 2.45) is 11.7 Å². The van der Waals surface area contributed by atoms with Gasteiger partial charge in [-0.05, 0) is 25.0 Å². The summed E-state index contributed by atoms with van der Waals surface area (Å²) in [5.41, 5.74) is 5.28. The molecule has 0 saturated carbocycles. The zero-order chi connectivity index (χ0) is 16.1. The highest BCUT2D eigenvalue weighted by Gasteiger charge is 2.31. The van der Waals surface area contributed by atoms with E-state index in [1.807, 2.05) is 0 Å². The summed E-state index contributed by atoms with van der Waals surface area (Å²) < 4.78 is 5.26. The second kappa shape index (κ2) is 6.99. The van der Waals surface area contributed by atoms with Crippen molar-refractivity contribution in [1.29, 1.82) is 0 Å². The number of rotatable bonds is 5. The van der Waals surface area contributed by atoms with Crippen LogP contribution in [0.5, 0.6) is 0 Å². The summed E-state index contributed by atoms with van der Waals surface area (Å²) in [4.78, 5) is 38.2. The van der Waals surface area contributed by atoms with Crippen LogP contribution in [-0.2, 0) is 9.53 Å². The summed E-state index contributed by atoms with van der Waals surface area (Å²) in [5.74, 6) is -2.66. The van der Waals surface area contributed by atoms with Crippen molar-refractivity contribution in [3.8, 4) is 0 Å². The summed E-state index contributed by atoms with van der Waals surface area (Å²) in [6, 6.07) is 1.65. The van der Waals surface area contributed by atoms with E-state index < -0.39 is 23.8 Å². The lowest BCUT2D eigenvalue weighted by Gasteiger charge is -2.27. The Bertz CT molecular complexity index is 566. The van der Waals surface area contributed by atoms with E-state index in [0.29, 0.717) is 19.6 Å². The molecule has 4 N–H and O–H groups in total. The Morgan fingerprint density at radius 3 is 2.68 bits per heavy atom. The first-order valence-electron chi connectivity index (χ1n) is 6.86. The minimum Gasteiger partial charge on any atom is -0.480 e. The van der Waals surface area contributed by atoms with Crippen molar-refractivity contribution in [2.75, 3.05) is 13.2 Å². The number of hydrogen-bond donors (Lipinski definition) is 3. The van der Waals surface area contributed by atoms with Gasteiger partial charge in [0.2, 0.25) is 5.91 Å². The maximum Gasteiger partial charge on any atom is 0.326 e. The normalized spacial score (nSPS) is 19.2. The van der Waals surface area contributed by atoms with E-state index in [-0.39, 0.29) is 17.2 Å². The van der Waals surface area contributed by atoms with Crippen molar-refractivity contribution in [3.63, 3.8) is 0 Å². The first-order valence-corrected chi connectivity index (χ1v) is 6.86. The number of nitrogens with one attached hydrogen (secondary N) is 1. The fourth-order valence-electron chi connectivity index (χ4n) is 2.30. The van der Waals surface area contributed by atoms with Gasteiger partial charge in [-0.1, -0.05) is 0 Å². The molecule has 0 bridgehead atoms. The molecule has 2 atom stereocenters. The van der Waals surface area contributed by atoms with E-state index in [2.05, 4.69) is 10.3 Å². The van der Waals surface area contributed by atoms with E-state index in [1.165, 1.54) is 18.3 Å². The highest BCUT2D eigenvalue weighted by atomic mass is 16.5. The van der Waals surface area contributed by atoms with Crippen LogP contribution in [0.15, 0.2) is 18.3 Å². The summed E-state index contributed by atoms with van der Waals surface area (Å²) >= 11 is 0. The van der Waals surface area contributed by atoms with Gasteiger partial charge >= 0.3 is 5.97 Å². The molecule has 1 aromatic heterocycles. The van der Waals surface area contributed by atoms with Gasteiger partial charge in [-0.15, -0.1) is 0 Å². The second-order valence-electron chi connectivity index (χ2n) is 5.06. The van der Waals surface area contributed by atoms with Gasteiger partial charge in [0.05, 0.1) is 12.2 Å². The number of carboxylic acid groups (broad SMARTS) is 1. The number of ether oxygens (including phenoxy) is 1. The first kappa shape index (κ1) is 15.9. The van der Waals surface area contributed by atoms with Crippen molar-refractivity contribution < 1.29 is 24.2 Å². The van der Waals surface area contributed by atoms with Crippen LogP contribution in [0.2, 0.25) is 0 Å². The van der Waals surface area contributed by atoms with E-state index in [1.54, 1.807) is 0 Å². The number of nitrogens with zero attached hydrogens (tertiary/aromatic N) is 1. The smallest absolute Gasteiger partial charge is 0.326 e. The van der Waals surface area contributed by atoms with E-state index in [0.717, 1.165) is 6.42 Å². The highest BCUT2D eigenvalue weighted by molar-refractivity contribution is 5.96. The first-order chi connectivity index (χ1) is 10.5. The van der Waals surface area contributed by atoms with Gasteiger partial charge in [0.25, 0.3) is 5.91 Å². The second-order valence-corrected chi connectivity index (χ2v) is 5.06. The molecule has 0 spiro atoms. The van der Waals surface area contributed by atoms with Crippen LogP contribution in [-0.4, -0.2) is 47.1 Å². The highest BCUT2D eigenvalue weighted by Crippen LogP contribution is 2.18. The number of aliphatic carboxylic acids is 1. The van der Waals surface area contributed by atoms with Crippen LogP contribution in [0.25, 0.3) is 0 Å². The lowest BCUT2D eigenvalue weighted by Crippen LogP contribution is -2.48. The number of aromatic nitrogens is 1. The Labute approximate surface area is 126 Å². The van der Waals surface area contributed by atoms with Crippen LogP contribution in [0.1, 0.15) is 33.7 Å². The minimum atomic E-state index is -1.11. The number of carbonyl (C=O) groups excluding carboxylic acids is 2. The van der Waals surface area contributed by atoms with Gasteiger partial charge in [-0.25, -0.2) is 4.79 Å². The number of pyridine rings is 1. The number of hydrogen-bond acceptors (Lipinski definition) is 5. The molecule has 1 fully saturated rings. The predicted octanol–water partition coefficient (Wildman–Crippen LogP) is -0.210. The third kappa shape index (κ3) is 3.79. The van der Waals surface area contributed by atoms with Gasteiger partial charge in [0, 0.05) is 18.7 Å². The minimum absolute atomic E-state index is 0.0213. The molecule has 118 valence electrons. The van der Waals surface area contributed by atoms with Crippen LogP contribution >= 0.6 is 0 Å². The fourth-order valence-corrected chi connectivity index (χ4v) is 2.30. The van der Waals surface area contributed by atoms with Gasteiger partial charge in [0.1, 0.15) is 11.7 Å². The molecule has 1 saturated heterocycles. The molecule has 1 aliphatic rings. The van der Waals surface area contributed by atoms with Crippen LogP contribution in [0.4, 0.5) is 0 Å². The summed E-state index contributed by atoms with van der Waals surface area (Å²) in [5, 5.41) is 11.7. The maximum absolute atomic E-state index is 12.1. The van der Waals surface area contributed by atoms with Crippen molar-refractivity contribution in [1.82, 2.24) is 10.3 Å². The molecule has 2 rings (SSSR count). The summed E-state index contributed by atoms with van der Waals surface area (Å²) in [7, 11) is 0. The molecule has 0 radical (unpaired) electrons. The number of carboxylic acids is 1.